The first-order valence-electron chi connectivity index (χ1n) is 10.8. The van der Waals surface area contributed by atoms with Crippen LogP contribution in [0.1, 0.15) is 36.3 Å². The second kappa shape index (κ2) is 9.83. The Balaban J connectivity index is 1.75. The lowest BCUT2D eigenvalue weighted by Gasteiger charge is -2.38. The van der Waals surface area contributed by atoms with E-state index in [-0.39, 0.29) is 12.4 Å². The Bertz CT molecular complexity index is 1140. The minimum Gasteiger partial charge on any atom is -0.496 e. The monoisotopic (exact) mass is 511 g/mol. The van der Waals surface area contributed by atoms with Crippen molar-refractivity contribution in [3.63, 3.8) is 0 Å². The number of rotatable bonds is 6. The van der Waals surface area contributed by atoms with Gasteiger partial charge < -0.3 is 19.5 Å². The molecule has 1 heterocycles. The van der Waals surface area contributed by atoms with Crippen LogP contribution in [0.25, 0.3) is 0 Å². The van der Waals surface area contributed by atoms with Gasteiger partial charge in [-0.25, -0.2) is 0 Å². The number of ether oxygens (including phenoxy) is 3. The van der Waals surface area contributed by atoms with Gasteiger partial charge in [0.1, 0.15) is 24.0 Å². The van der Waals surface area contributed by atoms with Gasteiger partial charge in [0.25, 0.3) is 0 Å². The van der Waals surface area contributed by atoms with E-state index >= 15 is 0 Å². The highest BCUT2D eigenvalue weighted by Gasteiger charge is 2.43. The van der Waals surface area contributed by atoms with E-state index in [4.69, 9.17) is 14.2 Å². The number of halogens is 1. The normalized spacial score (nSPS) is 20.1. The van der Waals surface area contributed by atoms with Crippen molar-refractivity contribution >= 4 is 27.7 Å². The van der Waals surface area contributed by atoms with Gasteiger partial charge in [0.05, 0.1) is 14.2 Å². The maximum atomic E-state index is 13.0. The number of carbonyl (C=O) groups is 2. The Morgan fingerprint density at radius 1 is 1.18 bits per heavy atom. The fourth-order valence-electron chi connectivity index (χ4n) is 4.58. The van der Waals surface area contributed by atoms with E-state index in [0.29, 0.717) is 29.2 Å². The molecule has 7 heteroatoms. The molecule has 4 rings (SSSR count). The standard InChI is InChI=1S/C26H26BrNO5/c1-15-23(26(30)32-3)24(25-20(28-15)8-5-9-21(25)29)16-10-11-22(31-2)17(12-16)14-33-19-7-4-6-18(27)13-19/h4,6-7,10-13,23-24,28H,1,5,8-9,14H2,2-3H3. The third-order valence-corrected chi connectivity index (χ3v) is 6.59. The summed E-state index contributed by atoms with van der Waals surface area (Å²) in [5.41, 5.74) is 3.68. The van der Waals surface area contributed by atoms with E-state index in [0.717, 1.165) is 34.1 Å². The van der Waals surface area contributed by atoms with E-state index in [1.54, 1.807) is 7.11 Å². The summed E-state index contributed by atoms with van der Waals surface area (Å²) in [4.78, 5) is 25.8. The summed E-state index contributed by atoms with van der Waals surface area (Å²) in [6.45, 7) is 4.35. The molecule has 2 aliphatic rings. The van der Waals surface area contributed by atoms with Crippen molar-refractivity contribution in [2.45, 2.75) is 31.8 Å². The predicted octanol–water partition coefficient (Wildman–Crippen LogP) is 5.03. The number of hydrogen-bond acceptors (Lipinski definition) is 6. The van der Waals surface area contributed by atoms with Crippen LogP contribution >= 0.6 is 15.9 Å². The van der Waals surface area contributed by atoms with Crippen LogP contribution in [0.2, 0.25) is 0 Å². The maximum Gasteiger partial charge on any atom is 0.315 e. The molecule has 0 saturated heterocycles. The Morgan fingerprint density at radius 2 is 2.00 bits per heavy atom. The number of allylic oxidation sites excluding steroid dienone is 2. The molecule has 1 aliphatic heterocycles. The number of esters is 1. The van der Waals surface area contributed by atoms with Crippen molar-refractivity contribution in [1.29, 1.82) is 0 Å². The zero-order valence-corrected chi connectivity index (χ0v) is 20.2. The van der Waals surface area contributed by atoms with Gasteiger partial charge in [0.2, 0.25) is 0 Å². The molecule has 0 saturated carbocycles. The summed E-state index contributed by atoms with van der Waals surface area (Å²) in [5.74, 6) is -0.178. The van der Waals surface area contributed by atoms with Crippen LogP contribution in [-0.4, -0.2) is 26.0 Å². The van der Waals surface area contributed by atoms with Crippen molar-refractivity contribution in [1.82, 2.24) is 5.32 Å². The average molecular weight is 512 g/mol. The first-order valence-corrected chi connectivity index (χ1v) is 11.6. The second-order valence-corrected chi connectivity index (χ2v) is 9.03. The van der Waals surface area contributed by atoms with Gasteiger partial charge >= 0.3 is 5.97 Å². The molecule has 6 nitrogen and oxygen atoms in total. The molecule has 33 heavy (non-hydrogen) atoms. The third-order valence-electron chi connectivity index (χ3n) is 6.10. The summed E-state index contributed by atoms with van der Waals surface area (Å²) in [6.07, 6.45) is 1.99. The van der Waals surface area contributed by atoms with Crippen LogP contribution in [0.4, 0.5) is 0 Å². The van der Waals surface area contributed by atoms with Gasteiger partial charge in [-0.1, -0.05) is 34.6 Å². The van der Waals surface area contributed by atoms with Gasteiger partial charge in [0.15, 0.2) is 5.78 Å². The van der Waals surface area contributed by atoms with Crippen LogP contribution in [0.15, 0.2) is 70.5 Å². The summed E-state index contributed by atoms with van der Waals surface area (Å²) in [6, 6.07) is 13.3. The van der Waals surface area contributed by atoms with Gasteiger partial charge in [-0.3, -0.25) is 9.59 Å². The smallest absolute Gasteiger partial charge is 0.315 e. The van der Waals surface area contributed by atoms with Crippen LogP contribution in [-0.2, 0) is 20.9 Å². The number of carbonyl (C=O) groups excluding carboxylic acids is 2. The number of benzene rings is 2. The van der Waals surface area contributed by atoms with Crippen molar-refractivity contribution in [3.8, 4) is 11.5 Å². The highest BCUT2D eigenvalue weighted by molar-refractivity contribution is 9.10. The zero-order valence-electron chi connectivity index (χ0n) is 18.7. The van der Waals surface area contributed by atoms with Gasteiger partial charge in [-0.2, -0.15) is 0 Å². The molecular formula is C26H26BrNO5. The lowest BCUT2D eigenvalue weighted by atomic mass is 9.71. The average Bonchev–Trinajstić information content (AvgIpc) is 2.81. The molecular weight excluding hydrogens is 486 g/mol. The lowest BCUT2D eigenvalue weighted by molar-refractivity contribution is -0.144. The number of nitrogens with one attached hydrogen (secondary N) is 1. The predicted molar refractivity (Wildman–Crippen MR) is 128 cm³/mol. The molecule has 1 aliphatic carbocycles. The zero-order chi connectivity index (χ0) is 23.5. The lowest BCUT2D eigenvalue weighted by Crippen LogP contribution is -2.41. The number of hydrogen-bond donors (Lipinski definition) is 1. The topological polar surface area (TPSA) is 73.9 Å². The number of Topliss-reactive ketones (excluding diaryl/α,β-unsaturated/α-hetero) is 1. The fourth-order valence-corrected chi connectivity index (χ4v) is 4.96. The third kappa shape index (κ3) is 4.69. The van der Waals surface area contributed by atoms with Crippen LogP contribution < -0.4 is 14.8 Å². The van der Waals surface area contributed by atoms with E-state index in [1.165, 1.54) is 7.11 Å². The number of ketones is 1. The molecule has 2 aromatic rings. The SMILES string of the molecule is C=C1NC2=C(C(=O)CCC2)C(c2ccc(OC)c(COc3cccc(Br)c3)c2)C1C(=O)OC. The molecule has 0 bridgehead atoms. The van der Waals surface area contributed by atoms with Crippen LogP contribution in [0.5, 0.6) is 11.5 Å². The molecule has 1 N–H and O–H groups in total. The molecule has 2 unspecified atom stereocenters. The van der Waals surface area contributed by atoms with E-state index in [2.05, 4.69) is 27.8 Å². The molecule has 2 atom stereocenters. The minimum atomic E-state index is -0.706. The van der Waals surface area contributed by atoms with Crippen molar-refractivity contribution in [3.05, 3.63) is 81.6 Å². The molecule has 0 fully saturated rings. The Kier molecular flexibility index (Phi) is 6.88. The Hall–Kier alpha value is -3.06. The largest absolute Gasteiger partial charge is 0.496 e. The molecule has 0 spiro atoms. The molecule has 172 valence electrons. The van der Waals surface area contributed by atoms with Crippen molar-refractivity contribution in [2.75, 3.05) is 14.2 Å². The molecule has 0 radical (unpaired) electrons. The van der Waals surface area contributed by atoms with Crippen LogP contribution in [0, 0.1) is 5.92 Å². The summed E-state index contributed by atoms with van der Waals surface area (Å²) in [7, 11) is 2.96. The highest BCUT2D eigenvalue weighted by atomic mass is 79.9. The van der Waals surface area contributed by atoms with Gasteiger partial charge in [-0.15, -0.1) is 0 Å². The second-order valence-electron chi connectivity index (χ2n) is 8.12. The molecule has 2 aromatic carbocycles. The van der Waals surface area contributed by atoms with E-state index in [1.807, 2.05) is 42.5 Å². The Morgan fingerprint density at radius 3 is 2.73 bits per heavy atom. The van der Waals surface area contributed by atoms with Gasteiger partial charge in [0, 0.05) is 39.3 Å². The summed E-state index contributed by atoms with van der Waals surface area (Å²) in [5, 5.41) is 3.21. The quantitative estimate of drug-likeness (QED) is 0.548. The van der Waals surface area contributed by atoms with Crippen LogP contribution in [0.3, 0.4) is 0 Å². The summed E-state index contributed by atoms with van der Waals surface area (Å²) >= 11 is 3.45. The minimum absolute atomic E-state index is 0.0536. The van der Waals surface area contributed by atoms with E-state index < -0.39 is 17.8 Å². The van der Waals surface area contributed by atoms with E-state index in [9.17, 15) is 9.59 Å². The molecule has 0 aromatic heterocycles. The Labute approximate surface area is 201 Å². The number of methoxy groups -OCH3 is 2. The van der Waals surface area contributed by atoms with Gasteiger partial charge in [-0.05, 0) is 48.7 Å². The maximum absolute atomic E-state index is 13.0. The highest BCUT2D eigenvalue weighted by Crippen LogP contribution is 2.45. The van der Waals surface area contributed by atoms with Crippen molar-refractivity contribution < 1.29 is 23.8 Å². The van der Waals surface area contributed by atoms with Crippen molar-refractivity contribution in [2.24, 2.45) is 5.92 Å². The first-order chi connectivity index (χ1) is 15.9. The summed E-state index contributed by atoms with van der Waals surface area (Å²) < 4.78 is 17.6. The fraction of sp³-hybridized carbons (Fsp3) is 0.308. The molecule has 0 amide bonds. The first kappa shape index (κ1) is 23.1.